The summed E-state index contributed by atoms with van der Waals surface area (Å²) in [6.45, 7) is 0. The van der Waals surface area contributed by atoms with Gasteiger partial charge in [-0.05, 0) is 173 Å². The zero-order chi connectivity index (χ0) is 90.7. The quantitative estimate of drug-likeness (QED) is 0.138. The second kappa shape index (κ2) is 28.0. The van der Waals surface area contributed by atoms with Crippen LogP contribution in [0.3, 0.4) is 0 Å². The molecule has 0 saturated heterocycles. The SMILES string of the molecule is c1ccc2c(c1)nc1c3c(ccc4c5ccccc5sc43)c3ccc4c5ccccc5oc4c3n21.c1ccc2c(c1)nc1c3c(ccc4sc5ccccc5c43)c3ccc4c5ccccc5oc4c3n21.c1ccc2c(c1)nc1c3c(ccc4sc5ccccc5c43)c3ccc4oc5ccccc5c4c3n21.c1ccc2c(c1)nc1c3cc4c(cc3c3ccc5c6ccccc6oc5c3n21)sc1ccccc14. The van der Waals surface area contributed by atoms with Gasteiger partial charge in [-0.3, -0.25) is 17.6 Å². The molecule has 0 radical (unpaired) electrons. The van der Waals surface area contributed by atoms with E-state index in [0.717, 1.165) is 177 Å². The van der Waals surface area contributed by atoms with Crippen LogP contribution in [0.4, 0.5) is 0 Å². The minimum atomic E-state index is 0.902. The molecule has 16 heterocycles. The Balaban J connectivity index is 0.0000000829. The Morgan fingerprint density at radius 2 is 0.486 bits per heavy atom. The van der Waals surface area contributed by atoms with Crippen LogP contribution in [0.5, 0.6) is 0 Å². The molecule has 20 aromatic carbocycles. The average Bonchev–Trinajstić information content (AvgIpc) is 1.55. The number of hydrogen-bond acceptors (Lipinski definition) is 12. The Labute approximate surface area is 804 Å². The monoisotopic (exact) mass is 1860 g/mol. The summed E-state index contributed by atoms with van der Waals surface area (Å²) in [5.74, 6) is 0. The molecule has 0 atom stereocenters. The van der Waals surface area contributed by atoms with Crippen molar-refractivity contribution in [3.63, 3.8) is 0 Å². The summed E-state index contributed by atoms with van der Waals surface area (Å²) in [7, 11) is 0. The normalized spacial score (nSPS) is 12.6. The number of imidazole rings is 4. The molecule has 0 aliphatic rings. The topological polar surface area (TPSA) is 122 Å². The lowest BCUT2D eigenvalue weighted by Crippen LogP contribution is -1.93. The Morgan fingerprint density at radius 3 is 0.979 bits per heavy atom. The number of furan rings is 4. The highest BCUT2D eigenvalue weighted by molar-refractivity contribution is 7.27. The maximum atomic E-state index is 6.54. The lowest BCUT2D eigenvalue weighted by Gasteiger charge is -2.11. The lowest BCUT2D eigenvalue weighted by molar-refractivity contribution is 0.669. The van der Waals surface area contributed by atoms with Gasteiger partial charge in [-0.25, -0.2) is 19.9 Å². The van der Waals surface area contributed by atoms with Gasteiger partial charge >= 0.3 is 0 Å². The molecule has 0 N–H and O–H groups in total. The third-order valence-corrected chi connectivity index (χ3v) is 34.0. The van der Waals surface area contributed by atoms with Gasteiger partial charge in [0.05, 0.1) is 71.6 Å². The highest BCUT2D eigenvalue weighted by atomic mass is 32.1. The average molecular weight is 1860 g/mol. The van der Waals surface area contributed by atoms with Crippen molar-refractivity contribution in [3.8, 4) is 0 Å². The number of thiophene rings is 4. The first kappa shape index (κ1) is 75.6. The Bertz CT molecular complexity index is 11900. The Kier molecular flexibility index (Phi) is 15.2. The van der Waals surface area contributed by atoms with Gasteiger partial charge < -0.3 is 17.7 Å². The molecule has 0 saturated carbocycles. The highest BCUT2D eigenvalue weighted by Gasteiger charge is 2.29. The fourth-order valence-corrected chi connectivity index (χ4v) is 28.1. The van der Waals surface area contributed by atoms with Gasteiger partial charge in [-0.1, -0.05) is 237 Å². The standard InChI is InChI=1S/4C31H16N2OS/c1-5-11-25-17(7-1)21-15-14-20-19-13-16-22-18-8-2-6-12-26(18)35-30(22)27(19)31-32-23-9-3-4-10-24(23)33(31)28(20)29(21)34-25;1-5-11-23-19(7-1)27-24(34-23)15-13-18-17-14-16-26-28(20-8-2-6-12-25(20)35-26)29(17)31-32-21-9-3-4-10-22(21)33(31)30(18)27;1-5-11-26-17(7-1)20-14-13-19-21-16-28-22(18-8-2-6-12-27(18)35-28)15-23(21)31-32-24-9-3-4-10-25(24)33(31)29(19)30(20)34-26;1-5-11-24-17(7-1)20-14-13-19-18-15-16-26-27(21-8-2-6-12-25(21)35-26)28(18)31-32-22-9-3-4-10-23(22)33(31)29(19)30(20)34-24/h4*1-16H. The maximum Gasteiger partial charge on any atom is 0.160 e. The molecule has 0 aliphatic carbocycles. The van der Waals surface area contributed by atoms with E-state index in [2.05, 4.69) is 357 Å². The van der Waals surface area contributed by atoms with Crippen molar-refractivity contribution < 1.29 is 17.7 Å². The van der Waals surface area contributed by atoms with Crippen molar-refractivity contribution >= 4 is 367 Å². The van der Waals surface area contributed by atoms with E-state index in [9.17, 15) is 0 Å². The van der Waals surface area contributed by atoms with Crippen molar-refractivity contribution in [2.75, 3.05) is 0 Å². The summed E-state index contributed by atoms with van der Waals surface area (Å²) in [6.07, 6.45) is 0. The van der Waals surface area contributed by atoms with Gasteiger partial charge in [-0.15, -0.1) is 45.3 Å². The molecule has 0 aliphatic heterocycles. The molecule has 36 aromatic rings. The molecule has 0 spiro atoms. The Hall–Kier alpha value is -17.6. The van der Waals surface area contributed by atoms with Crippen LogP contribution in [0.2, 0.25) is 0 Å². The lowest BCUT2D eigenvalue weighted by atomic mass is 9.99. The number of nitrogens with zero attached hydrogens (tertiary/aromatic N) is 8. The van der Waals surface area contributed by atoms with E-state index in [-0.39, 0.29) is 0 Å². The molecular formula is C124H64N8O4S4. The zero-order valence-corrected chi connectivity index (χ0v) is 77.1. The molecule has 16 heteroatoms. The molecule has 140 heavy (non-hydrogen) atoms. The fraction of sp³-hybridized carbons (Fsp3) is 0. The van der Waals surface area contributed by atoms with Crippen LogP contribution < -0.4 is 0 Å². The van der Waals surface area contributed by atoms with Crippen LogP contribution in [0.25, 0.3) is 322 Å². The zero-order valence-electron chi connectivity index (χ0n) is 73.8. The minimum absolute atomic E-state index is 0.902. The van der Waals surface area contributed by atoms with E-state index < -0.39 is 0 Å². The molecule has 648 valence electrons. The van der Waals surface area contributed by atoms with Crippen molar-refractivity contribution in [2.45, 2.75) is 0 Å². The number of para-hydroxylation sites is 12. The van der Waals surface area contributed by atoms with Crippen molar-refractivity contribution in [1.82, 2.24) is 37.5 Å². The first-order valence-corrected chi connectivity index (χ1v) is 50.2. The Morgan fingerprint density at radius 1 is 0.164 bits per heavy atom. The summed E-state index contributed by atoms with van der Waals surface area (Å²) in [4.78, 5) is 20.8. The van der Waals surface area contributed by atoms with Crippen molar-refractivity contribution in [2.24, 2.45) is 0 Å². The summed E-state index contributed by atoms with van der Waals surface area (Å²) in [6, 6.07) is 138. The third-order valence-electron chi connectivity index (χ3n) is 29.4. The first-order chi connectivity index (χ1) is 69.4. The predicted octanol–water partition coefficient (Wildman–Crippen LogP) is 36.2. The molecule has 12 nitrogen and oxygen atoms in total. The first-order valence-electron chi connectivity index (χ1n) is 46.9. The van der Waals surface area contributed by atoms with Gasteiger partial charge in [-0.2, -0.15) is 0 Å². The van der Waals surface area contributed by atoms with E-state index >= 15 is 0 Å². The third kappa shape index (κ3) is 10.2. The highest BCUT2D eigenvalue weighted by Crippen LogP contribution is 2.53. The van der Waals surface area contributed by atoms with Crippen LogP contribution in [-0.2, 0) is 0 Å². The van der Waals surface area contributed by atoms with E-state index in [0.29, 0.717) is 0 Å². The summed E-state index contributed by atoms with van der Waals surface area (Å²) >= 11 is 7.41. The van der Waals surface area contributed by atoms with E-state index in [1.165, 1.54) is 145 Å². The number of hydrogen-bond donors (Lipinski definition) is 0. The second-order valence-electron chi connectivity index (χ2n) is 36.7. The van der Waals surface area contributed by atoms with Gasteiger partial charge in [0.15, 0.2) is 16.7 Å². The van der Waals surface area contributed by atoms with Crippen LogP contribution >= 0.6 is 45.3 Å². The smallest absolute Gasteiger partial charge is 0.160 e. The van der Waals surface area contributed by atoms with Crippen LogP contribution in [-0.4, -0.2) is 37.5 Å². The van der Waals surface area contributed by atoms with Gasteiger partial charge in [0.1, 0.15) is 50.5 Å². The molecular weight excluding hydrogens is 1790 g/mol. The summed E-state index contributed by atoms with van der Waals surface area (Å²) in [5.41, 5.74) is 24.0. The molecule has 0 bridgehead atoms. The summed E-state index contributed by atoms with van der Waals surface area (Å²) in [5, 5.41) is 33.9. The number of aromatic nitrogens is 8. The minimum Gasteiger partial charge on any atom is -0.456 e. The molecule has 0 amide bonds. The van der Waals surface area contributed by atoms with Crippen LogP contribution in [0.15, 0.2) is 406 Å². The summed E-state index contributed by atoms with van der Waals surface area (Å²) < 4.78 is 45.6. The number of pyridine rings is 4. The largest absolute Gasteiger partial charge is 0.456 e. The van der Waals surface area contributed by atoms with Crippen molar-refractivity contribution in [3.05, 3.63) is 388 Å². The van der Waals surface area contributed by atoms with Gasteiger partial charge in [0.25, 0.3) is 0 Å². The number of rotatable bonds is 0. The maximum absolute atomic E-state index is 6.54. The molecule has 16 aromatic heterocycles. The molecule has 36 rings (SSSR count). The van der Waals surface area contributed by atoms with Gasteiger partial charge in [0.2, 0.25) is 0 Å². The van der Waals surface area contributed by atoms with E-state index in [1.54, 1.807) is 0 Å². The van der Waals surface area contributed by atoms with E-state index in [1.807, 2.05) is 93.9 Å². The number of fused-ring (bicyclic) bond motifs is 63. The molecule has 0 fully saturated rings. The van der Waals surface area contributed by atoms with Gasteiger partial charge in [0, 0.05) is 161 Å². The van der Waals surface area contributed by atoms with Crippen LogP contribution in [0, 0.1) is 0 Å². The van der Waals surface area contributed by atoms with Crippen LogP contribution in [0.1, 0.15) is 0 Å². The second-order valence-corrected chi connectivity index (χ2v) is 41.0. The van der Waals surface area contributed by atoms with E-state index in [4.69, 9.17) is 37.6 Å². The predicted molar refractivity (Wildman–Crippen MR) is 592 cm³/mol. The molecule has 0 unspecified atom stereocenters. The fourth-order valence-electron chi connectivity index (χ4n) is 23.5. The van der Waals surface area contributed by atoms with Crippen molar-refractivity contribution in [1.29, 1.82) is 0 Å². The number of benzene rings is 20.